The second-order valence-electron chi connectivity index (χ2n) is 7.06. The van der Waals surface area contributed by atoms with Gasteiger partial charge in [0, 0.05) is 18.1 Å². The van der Waals surface area contributed by atoms with Crippen LogP contribution in [0.1, 0.15) is 65.2 Å². The Labute approximate surface area is 128 Å². The number of nitrogens with zero attached hydrogens (tertiary/aromatic N) is 1. The predicted octanol–water partition coefficient (Wildman–Crippen LogP) is 2.47. The number of carbonyl (C=O) groups is 1. The maximum atomic E-state index is 12.5. The molecule has 1 heterocycles. The maximum Gasteiger partial charge on any atom is 0.326 e. The molecule has 3 rings (SSSR count). The molecule has 2 saturated carbocycles. The van der Waals surface area contributed by atoms with Crippen molar-refractivity contribution in [2.45, 2.75) is 88.9 Å². The molecule has 21 heavy (non-hydrogen) atoms. The van der Waals surface area contributed by atoms with Crippen molar-refractivity contribution in [3.63, 3.8) is 0 Å². The fourth-order valence-corrected chi connectivity index (χ4v) is 4.34. The van der Waals surface area contributed by atoms with Crippen molar-refractivity contribution in [1.29, 1.82) is 0 Å². The highest BCUT2D eigenvalue weighted by Gasteiger charge is 2.51. The lowest BCUT2D eigenvalue weighted by Crippen LogP contribution is -2.53. The van der Waals surface area contributed by atoms with E-state index in [1.165, 1.54) is 38.6 Å². The van der Waals surface area contributed by atoms with E-state index in [1.54, 1.807) is 0 Å². The van der Waals surface area contributed by atoms with Crippen molar-refractivity contribution in [3.05, 3.63) is 0 Å². The third kappa shape index (κ3) is 3.11. The number of hydrogen-bond acceptors (Lipinski definition) is 4. The number of ether oxygens (including phenoxy) is 1. The van der Waals surface area contributed by atoms with Gasteiger partial charge in [-0.25, -0.2) is 0 Å². The Morgan fingerprint density at radius 2 is 2.10 bits per heavy atom. The molecule has 0 bridgehead atoms. The van der Waals surface area contributed by atoms with Gasteiger partial charge in [0.25, 0.3) is 0 Å². The average Bonchev–Trinajstić information content (AvgIpc) is 3.01. The predicted molar refractivity (Wildman–Crippen MR) is 83.2 cm³/mol. The van der Waals surface area contributed by atoms with Crippen molar-refractivity contribution in [1.82, 2.24) is 10.2 Å². The topological polar surface area (TPSA) is 41.6 Å². The van der Waals surface area contributed by atoms with Crippen molar-refractivity contribution < 1.29 is 9.53 Å². The normalized spacial score (nSPS) is 37.0. The van der Waals surface area contributed by atoms with Crippen LogP contribution >= 0.6 is 0 Å². The van der Waals surface area contributed by atoms with Crippen LogP contribution in [0.25, 0.3) is 0 Å². The molecule has 120 valence electrons. The van der Waals surface area contributed by atoms with E-state index in [-0.39, 0.29) is 5.97 Å². The van der Waals surface area contributed by atoms with Gasteiger partial charge in [0.05, 0.1) is 6.61 Å². The van der Waals surface area contributed by atoms with Crippen molar-refractivity contribution in [2.75, 3.05) is 13.2 Å². The molecule has 4 nitrogen and oxygen atoms in total. The second-order valence-corrected chi connectivity index (χ2v) is 7.06. The van der Waals surface area contributed by atoms with E-state index >= 15 is 0 Å². The SMILES string of the molecule is CCOC(=O)C1(NC2CC2)CCC(N2CCCC2CC)C1. The third-order valence-electron chi connectivity index (χ3n) is 5.58. The van der Waals surface area contributed by atoms with Crippen LogP contribution in [0, 0.1) is 0 Å². The van der Waals surface area contributed by atoms with Crippen LogP contribution < -0.4 is 5.32 Å². The van der Waals surface area contributed by atoms with Crippen molar-refractivity contribution in [2.24, 2.45) is 0 Å². The van der Waals surface area contributed by atoms with Crippen LogP contribution in [-0.4, -0.2) is 47.7 Å². The van der Waals surface area contributed by atoms with E-state index in [9.17, 15) is 4.79 Å². The summed E-state index contributed by atoms with van der Waals surface area (Å²) in [6, 6.07) is 1.84. The van der Waals surface area contributed by atoms with Gasteiger partial charge in [0.2, 0.25) is 0 Å². The van der Waals surface area contributed by atoms with Crippen LogP contribution in [0.3, 0.4) is 0 Å². The fourth-order valence-electron chi connectivity index (χ4n) is 4.34. The fraction of sp³-hybridized carbons (Fsp3) is 0.941. The summed E-state index contributed by atoms with van der Waals surface area (Å²) in [6.07, 6.45) is 9.33. The third-order valence-corrected chi connectivity index (χ3v) is 5.58. The number of nitrogens with one attached hydrogen (secondary N) is 1. The van der Waals surface area contributed by atoms with E-state index in [4.69, 9.17) is 4.74 Å². The van der Waals surface area contributed by atoms with Gasteiger partial charge < -0.3 is 4.74 Å². The molecular weight excluding hydrogens is 264 g/mol. The van der Waals surface area contributed by atoms with Gasteiger partial charge in [-0.05, 0) is 64.8 Å². The summed E-state index contributed by atoms with van der Waals surface area (Å²) in [5, 5.41) is 3.64. The van der Waals surface area contributed by atoms with Gasteiger partial charge in [0.1, 0.15) is 5.54 Å². The van der Waals surface area contributed by atoms with E-state index in [2.05, 4.69) is 17.1 Å². The zero-order valence-electron chi connectivity index (χ0n) is 13.6. The van der Waals surface area contributed by atoms with Gasteiger partial charge in [-0.15, -0.1) is 0 Å². The lowest BCUT2D eigenvalue weighted by Gasteiger charge is -2.33. The Hall–Kier alpha value is -0.610. The molecule has 0 radical (unpaired) electrons. The van der Waals surface area contributed by atoms with Crippen molar-refractivity contribution >= 4 is 5.97 Å². The first-order chi connectivity index (χ1) is 10.2. The minimum absolute atomic E-state index is 0.00774. The molecule has 0 aromatic carbocycles. The highest BCUT2D eigenvalue weighted by molar-refractivity contribution is 5.81. The minimum Gasteiger partial charge on any atom is -0.465 e. The summed E-state index contributed by atoms with van der Waals surface area (Å²) < 4.78 is 5.40. The Balaban J connectivity index is 1.69. The Bertz CT molecular complexity index is 383. The number of hydrogen-bond donors (Lipinski definition) is 1. The first-order valence-corrected chi connectivity index (χ1v) is 8.89. The Kier molecular flexibility index (Phi) is 4.55. The first kappa shape index (κ1) is 15.3. The monoisotopic (exact) mass is 294 g/mol. The van der Waals surface area contributed by atoms with E-state index in [0.29, 0.717) is 18.7 Å². The lowest BCUT2D eigenvalue weighted by atomic mass is 9.96. The van der Waals surface area contributed by atoms with Crippen LogP contribution in [-0.2, 0) is 9.53 Å². The largest absolute Gasteiger partial charge is 0.465 e. The van der Waals surface area contributed by atoms with Gasteiger partial charge in [-0.3, -0.25) is 15.0 Å². The van der Waals surface area contributed by atoms with Crippen LogP contribution in [0.4, 0.5) is 0 Å². The number of likely N-dealkylation sites (tertiary alicyclic amines) is 1. The second kappa shape index (κ2) is 6.25. The Morgan fingerprint density at radius 3 is 2.76 bits per heavy atom. The van der Waals surface area contributed by atoms with Gasteiger partial charge in [-0.2, -0.15) is 0 Å². The molecular formula is C17H30N2O2. The number of carbonyl (C=O) groups excluding carboxylic acids is 1. The standard InChI is InChI=1S/C17H30N2O2/c1-3-14-6-5-11-19(14)15-9-10-17(12-15,16(20)21-4-2)18-13-7-8-13/h13-15,18H,3-12H2,1-2H3. The molecule has 3 aliphatic rings. The zero-order chi connectivity index (χ0) is 14.9. The summed E-state index contributed by atoms with van der Waals surface area (Å²) in [5.74, 6) is -0.00774. The molecule has 1 saturated heterocycles. The summed E-state index contributed by atoms with van der Waals surface area (Å²) in [7, 11) is 0. The maximum absolute atomic E-state index is 12.5. The smallest absolute Gasteiger partial charge is 0.326 e. The van der Waals surface area contributed by atoms with Gasteiger partial charge in [0.15, 0.2) is 0 Å². The summed E-state index contributed by atoms with van der Waals surface area (Å²) in [4.78, 5) is 15.2. The Morgan fingerprint density at radius 1 is 1.29 bits per heavy atom. The molecule has 0 spiro atoms. The van der Waals surface area contributed by atoms with Gasteiger partial charge >= 0.3 is 5.97 Å². The minimum atomic E-state index is -0.400. The average molecular weight is 294 g/mol. The van der Waals surface area contributed by atoms with Crippen LogP contribution in [0.15, 0.2) is 0 Å². The summed E-state index contributed by atoms with van der Waals surface area (Å²) >= 11 is 0. The number of rotatable bonds is 6. The molecule has 3 unspecified atom stereocenters. The van der Waals surface area contributed by atoms with E-state index < -0.39 is 5.54 Å². The molecule has 1 N–H and O–H groups in total. The van der Waals surface area contributed by atoms with Crippen molar-refractivity contribution in [3.8, 4) is 0 Å². The zero-order valence-corrected chi connectivity index (χ0v) is 13.6. The number of esters is 1. The molecule has 0 amide bonds. The van der Waals surface area contributed by atoms with E-state index in [1.807, 2.05) is 6.92 Å². The molecule has 2 aliphatic carbocycles. The highest BCUT2D eigenvalue weighted by Crippen LogP contribution is 2.39. The molecule has 0 aromatic heterocycles. The van der Waals surface area contributed by atoms with Crippen LogP contribution in [0.5, 0.6) is 0 Å². The molecule has 1 aliphatic heterocycles. The molecule has 0 aromatic rings. The molecule has 4 heteroatoms. The van der Waals surface area contributed by atoms with E-state index in [0.717, 1.165) is 25.3 Å². The first-order valence-electron chi connectivity index (χ1n) is 8.89. The lowest BCUT2D eigenvalue weighted by molar-refractivity contribution is -0.151. The quantitative estimate of drug-likeness (QED) is 0.764. The summed E-state index contributed by atoms with van der Waals surface area (Å²) in [5.41, 5.74) is -0.400. The molecule has 3 atom stereocenters. The highest BCUT2D eigenvalue weighted by atomic mass is 16.5. The van der Waals surface area contributed by atoms with Crippen LogP contribution in [0.2, 0.25) is 0 Å². The summed E-state index contributed by atoms with van der Waals surface area (Å²) in [6.45, 7) is 5.89. The molecule has 3 fully saturated rings. The van der Waals surface area contributed by atoms with Gasteiger partial charge in [-0.1, -0.05) is 6.92 Å².